The third-order valence-electron chi connectivity index (χ3n) is 3.48. The first-order chi connectivity index (χ1) is 9.29. The third-order valence-corrected chi connectivity index (χ3v) is 3.48. The first-order valence-corrected chi connectivity index (χ1v) is 6.10. The minimum atomic E-state index is -1.06. The van der Waals surface area contributed by atoms with E-state index < -0.39 is 22.8 Å². The van der Waals surface area contributed by atoms with E-state index in [-0.39, 0.29) is 11.3 Å². The molecule has 4 nitrogen and oxygen atoms in total. The molecule has 0 bridgehead atoms. The van der Waals surface area contributed by atoms with E-state index in [2.05, 4.69) is 5.10 Å². The molecule has 0 radical (unpaired) electrons. The van der Waals surface area contributed by atoms with Crippen LogP contribution < -0.4 is 0 Å². The number of benzene rings is 1. The van der Waals surface area contributed by atoms with E-state index >= 15 is 0 Å². The second-order valence-electron chi connectivity index (χ2n) is 5.57. The van der Waals surface area contributed by atoms with E-state index in [9.17, 15) is 13.6 Å². The highest BCUT2D eigenvalue weighted by atomic mass is 19.1. The Labute approximate surface area is 113 Å². The van der Waals surface area contributed by atoms with Crippen molar-refractivity contribution in [1.29, 1.82) is 0 Å². The molecule has 1 N–H and O–H groups in total. The number of rotatable bonds is 1. The number of Topliss-reactive ketones (excluding diaryl/α,β-unsaturated/α-hetero) is 1. The summed E-state index contributed by atoms with van der Waals surface area (Å²) in [5, 5.41) is 13.3. The van der Waals surface area contributed by atoms with Gasteiger partial charge >= 0.3 is 0 Å². The van der Waals surface area contributed by atoms with Gasteiger partial charge in [-0.3, -0.25) is 9.48 Å². The van der Waals surface area contributed by atoms with Crippen LogP contribution in [0.3, 0.4) is 0 Å². The van der Waals surface area contributed by atoms with Gasteiger partial charge in [0, 0.05) is 11.0 Å². The molecule has 0 aliphatic carbocycles. The van der Waals surface area contributed by atoms with Crippen LogP contribution in [0.1, 0.15) is 24.3 Å². The number of aromatic hydroxyl groups is 1. The smallest absolute Gasteiger partial charge is 0.188 e. The SMILES string of the molecule is CC1(C)Cn2nc(-c3cc(F)c(O)c(F)c3)cc2C1=O. The zero-order valence-electron chi connectivity index (χ0n) is 10.9. The zero-order valence-corrected chi connectivity index (χ0v) is 10.9. The van der Waals surface area contributed by atoms with Crippen LogP contribution in [-0.2, 0) is 6.54 Å². The van der Waals surface area contributed by atoms with Crippen LogP contribution in [0.5, 0.6) is 5.75 Å². The maximum atomic E-state index is 13.3. The molecular weight excluding hydrogens is 266 g/mol. The van der Waals surface area contributed by atoms with Gasteiger partial charge in [-0.1, -0.05) is 13.8 Å². The predicted octanol–water partition coefficient (Wildman–Crippen LogP) is 2.76. The standard InChI is InChI=1S/C14H12F2N2O2/c1-14(2)6-18-11(13(14)20)5-10(17-18)7-3-8(15)12(19)9(16)4-7/h3-5,19H,6H2,1-2H3. The minimum absolute atomic E-state index is 0.0454. The predicted molar refractivity (Wildman–Crippen MR) is 67.4 cm³/mol. The number of phenols is 1. The number of aromatic nitrogens is 2. The van der Waals surface area contributed by atoms with Gasteiger partial charge < -0.3 is 5.11 Å². The highest BCUT2D eigenvalue weighted by molar-refractivity contribution is 6.01. The lowest BCUT2D eigenvalue weighted by atomic mass is 9.89. The number of ketones is 1. The molecular formula is C14H12F2N2O2. The summed E-state index contributed by atoms with van der Waals surface area (Å²) in [6.45, 7) is 4.08. The Morgan fingerprint density at radius 1 is 1.25 bits per heavy atom. The van der Waals surface area contributed by atoms with Gasteiger partial charge in [-0.15, -0.1) is 0 Å². The van der Waals surface area contributed by atoms with Gasteiger partial charge in [-0.2, -0.15) is 5.10 Å². The second kappa shape index (κ2) is 3.88. The molecule has 2 aromatic rings. The van der Waals surface area contributed by atoms with Crippen molar-refractivity contribution >= 4 is 5.78 Å². The molecule has 1 aromatic carbocycles. The average molecular weight is 278 g/mol. The minimum Gasteiger partial charge on any atom is -0.503 e. The van der Waals surface area contributed by atoms with Crippen LogP contribution in [-0.4, -0.2) is 20.7 Å². The second-order valence-corrected chi connectivity index (χ2v) is 5.57. The third kappa shape index (κ3) is 1.71. The highest BCUT2D eigenvalue weighted by Crippen LogP contribution is 2.34. The molecule has 1 aromatic heterocycles. The van der Waals surface area contributed by atoms with Gasteiger partial charge in [0.05, 0.1) is 12.2 Å². The lowest BCUT2D eigenvalue weighted by Gasteiger charge is -2.12. The molecule has 20 heavy (non-hydrogen) atoms. The lowest BCUT2D eigenvalue weighted by Crippen LogP contribution is -2.20. The lowest BCUT2D eigenvalue weighted by molar-refractivity contribution is 0.0860. The fourth-order valence-electron chi connectivity index (χ4n) is 2.37. The Kier molecular flexibility index (Phi) is 2.48. The molecule has 3 rings (SSSR count). The van der Waals surface area contributed by atoms with E-state index in [1.807, 2.05) is 13.8 Å². The van der Waals surface area contributed by atoms with E-state index in [0.717, 1.165) is 12.1 Å². The molecule has 0 saturated heterocycles. The Morgan fingerprint density at radius 3 is 2.40 bits per heavy atom. The molecule has 0 fully saturated rings. The van der Waals surface area contributed by atoms with Crippen molar-refractivity contribution < 1.29 is 18.7 Å². The van der Waals surface area contributed by atoms with Crippen molar-refractivity contribution in [3.05, 3.63) is 35.5 Å². The molecule has 0 atom stereocenters. The number of fused-ring (bicyclic) bond motifs is 1. The van der Waals surface area contributed by atoms with Crippen LogP contribution in [0.15, 0.2) is 18.2 Å². The van der Waals surface area contributed by atoms with Crippen LogP contribution in [0, 0.1) is 17.0 Å². The number of carbonyl (C=O) groups is 1. The summed E-state index contributed by atoms with van der Waals surface area (Å²) in [7, 11) is 0. The van der Waals surface area contributed by atoms with Crippen molar-refractivity contribution in [3.63, 3.8) is 0 Å². The number of phenolic OH excluding ortho intramolecular Hbond substituents is 1. The molecule has 0 spiro atoms. The first-order valence-electron chi connectivity index (χ1n) is 6.10. The number of hydrogen-bond donors (Lipinski definition) is 1. The fourth-order valence-corrected chi connectivity index (χ4v) is 2.37. The summed E-state index contributed by atoms with van der Waals surface area (Å²) in [5.74, 6) is -3.17. The molecule has 0 amide bonds. The highest BCUT2D eigenvalue weighted by Gasteiger charge is 2.39. The van der Waals surface area contributed by atoms with Crippen LogP contribution in [0.4, 0.5) is 8.78 Å². The molecule has 2 heterocycles. The summed E-state index contributed by atoms with van der Waals surface area (Å²) >= 11 is 0. The summed E-state index contributed by atoms with van der Waals surface area (Å²) in [4.78, 5) is 12.1. The van der Waals surface area contributed by atoms with Gasteiger partial charge in [-0.05, 0) is 18.2 Å². The van der Waals surface area contributed by atoms with Crippen LogP contribution in [0.2, 0.25) is 0 Å². The fraction of sp³-hybridized carbons (Fsp3) is 0.286. The maximum absolute atomic E-state index is 13.3. The summed E-state index contributed by atoms with van der Waals surface area (Å²) in [5.41, 5.74) is 0.414. The molecule has 0 unspecified atom stereocenters. The van der Waals surface area contributed by atoms with Crippen molar-refractivity contribution in [1.82, 2.24) is 9.78 Å². The normalized spacial score (nSPS) is 16.5. The molecule has 6 heteroatoms. The number of carbonyl (C=O) groups excluding carboxylic acids is 1. The van der Waals surface area contributed by atoms with Gasteiger partial charge in [0.15, 0.2) is 23.2 Å². The summed E-state index contributed by atoms with van der Waals surface area (Å²) in [6.07, 6.45) is 0. The summed E-state index contributed by atoms with van der Waals surface area (Å²) < 4.78 is 28.2. The molecule has 0 saturated carbocycles. The largest absolute Gasteiger partial charge is 0.503 e. The number of hydrogen-bond acceptors (Lipinski definition) is 3. The maximum Gasteiger partial charge on any atom is 0.188 e. The Balaban J connectivity index is 2.07. The zero-order chi connectivity index (χ0) is 14.7. The topological polar surface area (TPSA) is 55.1 Å². The van der Waals surface area contributed by atoms with E-state index in [1.54, 1.807) is 4.68 Å². The van der Waals surface area contributed by atoms with E-state index in [1.165, 1.54) is 6.07 Å². The van der Waals surface area contributed by atoms with Crippen LogP contribution >= 0.6 is 0 Å². The molecule has 1 aliphatic heterocycles. The Bertz CT molecular complexity index is 712. The van der Waals surface area contributed by atoms with Crippen molar-refractivity contribution in [2.45, 2.75) is 20.4 Å². The quantitative estimate of drug-likeness (QED) is 0.872. The van der Waals surface area contributed by atoms with Crippen molar-refractivity contribution in [2.75, 3.05) is 0 Å². The number of nitrogens with zero attached hydrogens (tertiary/aromatic N) is 2. The van der Waals surface area contributed by atoms with Gasteiger partial charge in [-0.25, -0.2) is 8.78 Å². The first kappa shape index (κ1) is 12.8. The molecule has 1 aliphatic rings. The Hall–Kier alpha value is -2.24. The van der Waals surface area contributed by atoms with Crippen molar-refractivity contribution in [3.8, 4) is 17.0 Å². The van der Waals surface area contributed by atoms with E-state index in [4.69, 9.17) is 5.11 Å². The van der Waals surface area contributed by atoms with E-state index in [0.29, 0.717) is 17.9 Å². The van der Waals surface area contributed by atoms with Gasteiger partial charge in [0.2, 0.25) is 0 Å². The number of halogens is 2. The van der Waals surface area contributed by atoms with Gasteiger partial charge in [0.1, 0.15) is 5.69 Å². The molecule has 104 valence electrons. The van der Waals surface area contributed by atoms with Crippen molar-refractivity contribution in [2.24, 2.45) is 5.41 Å². The summed E-state index contributed by atoms with van der Waals surface area (Å²) in [6, 6.07) is 3.50. The Morgan fingerprint density at radius 2 is 1.85 bits per heavy atom. The van der Waals surface area contributed by atoms with Crippen LogP contribution in [0.25, 0.3) is 11.3 Å². The average Bonchev–Trinajstić information content (AvgIpc) is 2.85. The monoisotopic (exact) mass is 278 g/mol. The van der Waals surface area contributed by atoms with Gasteiger partial charge in [0.25, 0.3) is 0 Å².